The van der Waals surface area contributed by atoms with Crippen molar-refractivity contribution in [2.75, 3.05) is 19.0 Å². The Morgan fingerprint density at radius 3 is 2.29 bits per heavy atom. The quantitative estimate of drug-likeness (QED) is 0.148. The Labute approximate surface area is 208 Å². The first-order valence-electron chi connectivity index (χ1n) is 11.6. The van der Waals surface area contributed by atoms with E-state index >= 15 is 0 Å². The van der Waals surface area contributed by atoms with Crippen LogP contribution in [0.25, 0.3) is 10.2 Å². The van der Waals surface area contributed by atoms with Gasteiger partial charge in [-0.2, -0.15) is 0 Å². The molecule has 0 fully saturated rings. The summed E-state index contributed by atoms with van der Waals surface area (Å²) in [7, 11) is 0. The Balaban J connectivity index is 1.55. The molecule has 0 radical (unpaired) electrons. The van der Waals surface area contributed by atoms with Gasteiger partial charge in [0.2, 0.25) is 0 Å². The number of benzene rings is 2. The van der Waals surface area contributed by atoms with E-state index in [4.69, 9.17) is 14.5 Å². The lowest BCUT2D eigenvalue weighted by Gasteiger charge is -2.13. The molecule has 0 aliphatic heterocycles. The summed E-state index contributed by atoms with van der Waals surface area (Å²) in [6.07, 6.45) is 0.905. The average molecular weight is 495 g/mol. The zero-order valence-corrected chi connectivity index (χ0v) is 21.7. The van der Waals surface area contributed by atoms with Gasteiger partial charge in [0.15, 0.2) is 5.16 Å². The number of thioether (sulfide) groups is 1. The summed E-state index contributed by atoms with van der Waals surface area (Å²) < 4.78 is 13.2. The minimum atomic E-state index is 0.0361. The molecule has 0 saturated heterocycles. The van der Waals surface area contributed by atoms with Gasteiger partial charge in [-0.25, -0.2) is 4.98 Å². The fourth-order valence-electron chi connectivity index (χ4n) is 3.80. The maximum absolute atomic E-state index is 13.6. The number of hydrogen-bond donors (Lipinski definition) is 0. The third-order valence-corrected chi connectivity index (χ3v) is 7.89. The van der Waals surface area contributed by atoms with E-state index < -0.39 is 0 Å². The number of thiophene rings is 1. The molecule has 7 heteroatoms. The minimum Gasteiger partial charge on any atom is -0.494 e. The van der Waals surface area contributed by atoms with Gasteiger partial charge >= 0.3 is 0 Å². The Hall–Kier alpha value is -2.77. The lowest BCUT2D eigenvalue weighted by atomic mass is 10.1. The van der Waals surface area contributed by atoms with Gasteiger partial charge in [0.1, 0.15) is 16.3 Å². The maximum atomic E-state index is 13.6. The lowest BCUT2D eigenvalue weighted by Crippen LogP contribution is -2.24. The van der Waals surface area contributed by atoms with Crippen molar-refractivity contribution >= 4 is 33.3 Å². The number of nitrogens with zero attached hydrogens (tertiary/aromatic N) is 2. The molecule has 34 heavy (non-hydrogen) atoms. The second-order valence-corrected chi connectivity index (χ2v) is 10.2. The van der Waals surface area contributed by atoms with Crippen LogP contribution in [0.4, 0.5) is 0 Å². The highest BCUT2D eigenvalue weighted by molar-refractivity contribution is 7.99. The summed E-state index contributed by atoms with van der Waals surface area (Å²) in [5, 5.41) is 1.49. The van der Waals surface area contributed by atoms with Crippen molar-refractivity contribution in [3.05, 3.63) is 80.5 Å². The van der Waals surface area contributed by atoms with Crippen molar-refractivity contribution in [2.24, 2.45) is 0 Å². The number of fused-ring (bicyclic) bond motifs is 1. The van der Waals surface area contributed by atoms with Crippen LogP contribution in [0.3, 0.4) is 0 Å². The van der Waals surface area contributed by atoms with Gasteiger partial charge < -0.3 is 9.47 Å². The molecule has 5 nitrogen and oxygen atoms in total. The first kappa shape index (κ1) is 24.4. The van der Waals surface area contributed by atoms with Gasteiger partial charge in [0.05, 0.1) is 25.1 Å². The van der Waals surface area contributed by atoms with Crippen LogP contribution >= 0.6 is 23.1 Å². The summed E-state index contributed by atoms with van der Waals surface area (Å²) >= 11 is 3.19. The molecule has 0 bridgehead atoms. The van der Waals surface area contributed by atoms with E-state index in [2.05, 4.69) is 38.1 Å². The maximum Gasteiger partial charge on any atom is 0.263 e. The molecular weight excluding hydrogens is 464 g/mol. The molecule has 4 aromatic rings. The molecule has 0 saturated carbocycles. The van der Waals surface area contributed by atoms with Crippen molar-refractivity contribution in [3.63, 3.8) is 0 Å². The molecule has 2 heterocycles. The zero-order chi connectivity index (χ0) is 24.1. The van der Waals surface area contributed by atoms with E-state index in [0.717, 1.165) is 44.4 Å². The van der Waals surface area contributed by atoms with E-state index in [-0.39, 0.29) is 5.56 Å². The summed E-state index contributed by atoms with van der Waals surface area (Å²) in [6, 6.07) is 15.9. The second-order valence-electron chi connectivity index (χ2n) is 8.06. The molecule has 4 rings (SSSR count). The average Bonchev–Trinajstić information content (AvgIpc) is 3.17. The fourth-order valence-corrected chi connectivity index (χ4v) is 5.77. The molecule has 0 unspecified atom stereocenters. The summed E-state index contributed by atoms with van der Waals surface area (Å²) in [5.41, 5.74) is 3.39. The number of hydrogen-bond acceptors (Lipinski definition) is 6. The zero-order valence-electron chi connectivity index (χ0n) is 20.1. The van der Waals surface area contributed by atoms with Gasteiger partial charge in [-0.15, -0.1) is 11.3 Å². The van der Waals surface area contributed by atoms with Gasteiger partial charge in [0.25, 0.3) is 5.56 Å². The standard InChI is InChI=1S/C27H30N2O3S2/c1-5-23-19(4)24-25(34-23)28-27(29(26(24)30)17-20-9-7-18(3)8-10-20)33-16-15-32-22-13-11-21(12-14-22)31-6-2/h7-14H,5-6,15-17H2,1-4H3. The number of ether oxygens (including phenoxy) is 2. The fraction of sp³-hybridized carbons (Fsp3) is 0.333. The van der Waals surface area contributed by atoms with Crippen molar-refractivity contribution in [1.29, 1.82) is 0 Å². The van der Waals surface area contributed by atoms with Crippen LogP contribution in [0.5, 0.6) is 11.5 Å². The number of aromatic nitrogens is 2. The van der Waals surface area contributed by atoms with E-state index in [1.807, 2.05) is 42.7 Å². The summed E-state index contributed by atoms with van der Waals surface area (Å²) in [5.74, 6) is 2.31. The molecule has 0 aliphatic carbocycles. The molecule has 0 atom stereocenters. The van der Waals surface area contributed by atoms with Crippen LogP contribution in [0.2, 0.25) is 0 Å². The van der Waals surface area contributed by atoms with Crippen LogP contribution < -0.4 is 15.0 Å². The van der Waals surface area contributed by atoms with Crippen molar-refractivity contribution in [2.45, 2.75) is 45.8 Å². The van der Waals surface area contributed by atoms with Crippen molar-refractivity contribution in [3.8, 4) is 11.5 Å². The van der Waals surface area contributed by atoms with E-state index in [0.29, 0.717) is 25.5 Å². The topological polar surface area (TPSA) is 53.4 Å². The monoisotopic (exact) mass is 494 g/mol. The molecule has 0 N–H and O–H groups in total. The van der Waals surface area contributed by atoms with Crippen LogP contribution in [0.1, 0.15) is 35.4 Å². The van der Waals surface area contributed by atoms with E-state index in [9.17, 15) is 4.79 Å². The van der Waals surface area contributed by atoms with Crippen LogP contribution in [-0.4, -0.2) is 28.5 Å². The third-order valence-electron chi connectivity index (χ3n) is 5.61. The Bertz CT molecular complexity index is 1310. The molecule has 178 valence electrons. The molecule has 2 aromatic carbocycles. The number of aryl methyl sites for hydroxylation is 3. The first-order chi connectivity index (χ1) is 16.5. The second kappa shape index (κ2) is 11.1. The van der Waals surface area contributed by atoms with Gasteiger partial charge in [-0.05, 0) is 62.6 Å². The highest BCUT2D eigenvalue weighted by atomic mass is 32.2. The van der Waals surface area contributed by atoms with Crippen LogP contribution in [0, 0.1) is 13.8 Å². The minimum absolute atomic E-state index is 0.0361. The van der Waals surface area contributed by atoms with Gasteiger partial charge in [0, 0.05) is 10.6 Å². The number of rotatable bonds is 10. The van der Waals surface area contributed by atoms with Crippen LogP contribution in [-0.2, 0) is 13.0 Å². The molecule has 0 spiro atoms. The highest BCUT2D eigenvalue weighted by Crippen LogP contribution is 2.30. The Kier molecular flexibility index (Phi) is 7.95. The van der Waals surface area contributed by atoms with Gasteiger partial charge in [-0.1, -0.05) is 48.5 Å². The molecule has 0 amide bonds. The normalized spacial score (nSPS) is 11.2. The highest BCUT2D eigenvalue weighted by Gasteiger charge is 2.18. The first-order valence-corrected chi connectivity index (χ1v) is 13.4. The summed E-state index contributed by atoms with van der Waals surface area (Å²) in [6.45, 7) is 9.84. The smallest absolute Gasteiger partial charge is 0.263 e. The summed E-state index contributed by atoms with van der Waals surface area (Å²) in [4.78, 5) is 20.6. The van der Waals surface area contributed by atoms with Crippen molar-refractivity contribution in [1.82, 2.24) is 9.55 Å². The predicted molar refractivity (Wildman–Crippen MR) is 142 cm³/mol. The van der Waals surface area contributed by atoms with Crippen molar-refractivity contribution < 1.29 is 9.47 Å². The molecular formula is C27H30N2O3S2. The van der Waals surface area contributed by atoms with E-state index in [1.165, 1.54) is 10.4 Å². The molecule has 2 aromatic heterocycles. The largest absolute Gasteiger partial charge is 0.494 e. The Morgan fingerprint density at radius 2 is 1.65 bits per heavy atom. The lowest BCUT2D eigenvalue weighted by molar-refractivity contribution is 0.332. The predicted octanol–water partition coefficient (Wildman–Crippen LogP) is 6.26. The van der Waals surface area contributed by atoms with E-state index in [1.54, 1.807) is 23.1 Å². The van der Waals surface area contributed by atoms with Gasteiger partial charge in [-0.3, -0.25) is 9.36 Å². The molecule has 0 aliphatic rings. The Morgan fingerprint density at radius 1 is 0.971 bits per heavy atom. The SMILES string of the molecule is CCOc1ccc(OCCSc2nc3sc(CC)c(C)c3c(=O)n2Cc2ccc(C)cc2)cc1. The van der Waals surface area contributed by atoms with Crippen LogP contribution in [0.15, 0.2) is 58.5 Å². The third kappa shape index (κ3) is 5.47.